The molecule has 2 nitrogen and oxygen atoms in total. The van der Waals surface area contributed by atoms with Gasteiger partial charge in [-0.05, 0) is 110 Å². The molecule has 0 atom stereocenters. The molecule has 2 aromatic carbocycles. The summed E-state index contributed by atoms with van der Waals surface area (Å²) in [7, 11) is 0. The fraction of sp³-hybridized carbons (Fsp3) is 0.600. The summed E-state index contributed by atoms with van der Waals surface area (Å²) in [5.41, 5.74) is 10.3. The van der Waals surface area contributed by atoms with E-state index in [1.807, 2.05) is 13.8 Å². The number of hydrogen-bond acceptors (Lipinski definition) is 2. The van der Waals surface area contributed by atoms with Crippen LogP contribution in [-0.4, -0.2) is 11.8 Å². The van der Waals surface area contributed by atoms with Gasteiger partial charge in [0, 0.05) is 22.5 Å². The number of benzene rings is 2. The summed E-state index contributed by atoms with van der Waals surface area (Å²) >= 11 is 0. The van der Waals surface area contributed by atoms with E-state index in [-0.39, 0.29) is 58.3 Å². The Labute approximate surface area is 229 Å². The van der Waals surface area contributed by atoms with Gasteiger partial charge >= 0.3 is 23.7 Å². The molecular formula is C30H36F8N2. The summed E-state index contributed by atoms with van der Waals surface area (Å²) in [5.74, 6) is -24.6. The van der Waals surface area contributed by atoms with Crippen LogP contribution < -0.4 is 11.5 Å². The first-order chi connectivity index (χ1) is 18.6. The zero-order chi connectivity index (χ0) is 29.7. The summed E-state index contributed by atoms with van der Waals surface area (Å²) < 4.78 is 123. The van der Waals surface area contributed by atoms with Crippen LogP contribution in [0.4, 0.5) is 46.5 Å². The monoisotopic (exact) mass is 576 g/mol. The number of anilines is 2. The Kier molecular flexibility index (Phi) is 8.15. The molecule has 2 saturated carbocycles. The first-order valence-corrected chi connectivity index (χ1v) is 14.0. The lowest BCUT2D eigenvalue weighted by molar-refractivity contribution is -0.374. The lowest BCUT2D eigenvalue weighted by Gasteiger charge is -2.37. The number of nitrogens with two attached hydrogens (primary N) is 2. The highest BCUT2D eigenvalue weighted by molar-refractivity contribution is 5.60. The minimum absolute atomic E-state index is 0.125. The third kappa shape index (κ3) is 5.15. The van der Waals surface area contributed by atoms with Gasteiger partial charge in [-0.1, -0.05) is 26.7 Å². The van der Waals surface area contributed by atoms with Crippen molar-refractivity contribution in [2.75, 3.05) is 11.5 Å². The number of rotatable bonds is 13. The van der Waals surface area contributed by atoms with Gasteiger partial charge in [-0.15, -0.1) is 0 Å². The molecule has 0 unspecified atom stereocenters. The maximum absolute atomic E-state index is 15.5. The van der Waals surface area contributed by atoms with Crippen LogP contribution in [0, 0.1) is 0 Å². The summed E-state index contributed by atoms with van der Waals surface area (Å²) in [6.45, 7) is 3.65. The molecule has 0 bridgehead atoms. The Balaban J connectivity index is 1.79. The van der Waals surface area contributed by atoms with E-state index in [2.05, 4.69) is 0 Å². The van der Waals surface area contributed by atoms with Crippen LogP contribution in [0.5, 0.6) is 0 Å². The smallest absolute Gasteiger partial charge is 0.382 e. The van der Waals surface area contributed by atoms with Crippen LogP contribution >= 0.6 is 0 Å². The molecule has 2 aliphatic rings. The highest BCUT2D eigenvalue weighted by atomic mass is 19.4. The predicted molar refractivity (Wildman–Crippen MR) is 141 cm³/mol. The SMILES string of the molecule is CCCCc1cc(C(F)(F)C(F)(F)C(F)(F)C(F)(F)c2cc(CCCC)c(N)c(C3CC3)c2)cc(C2CC2)c1N. The molecule has 0 aliphatic heterocycles. The average Bonchev–Trinajstić information content (AvgIpc) is 3.80. The van der Waals surface area contributed by atoms with Gasteiger partial charge in [-0.2, -0.15) is 35.1 Å². The molecule has 4 rings (SSSR count). The van der Waals surface area contributed by atoms with Crippen LogP contribution in [0.2, 0.25) is 0 Å². The Morgan fingerprint density at radius 3 is 1.20 bits per heavy atom. The average molecular weight is 577 g/mol. The van der Waals surface area contributed by atoms with Crippen molar-refractivity contribution >= 4 is 11.4 Å². The van der Waals surface area contributed by atoms with E-state index >= 15 is 35.1 Å². The number of alkyl halides is 8. The third-order valence-corrected chi connectivity index (χ3v) is 8.14. The van der Waals surface area contributed by atoms with E-state index in [1.165, 1.54) is 0 Å². The highest BCUT2D eigenvalue weighted by Gasteiger charge is 2.81. The molecule has 222 valence electrons. The summed E-state index contributed by atoms with van der Waals surface area (Å²) in [6, 6.07) is 2.69. The van der Waals surface area contributed by atoms with Crippen LogP contribution in [0.3, 0.4) is 0 Å². The summed E-state index contributed by atoms with van der Waals surface area (Å²) in [4.78, 5) is 0. The lowest BCUT2D eigenvalue weighted by Crippen LogP contribution is -2.59. The van der Waals surface area contributed by atoms with Gasteiger partial charge in [0.1, 0.15) is 0 Å². The zero-order valence-corrected chi connectivity index (χ0v) is 22.7. The molecule has 0 amide bonds. The molecule has 0 radical (unpaired) electrons. The van der Waals surface area contributed by atoms with Crippen molar-refractivity contribution in [2.45, 2.75) is 114 Å². The van der Waals surface area contributed by atoms with Crippen molar-refractivity contribution in [1.82, 2.24) is 0 Å². The second-order valence-corrected chi connectivity index (χ2v) is 11.3. The first-order valence-electron chi connectivity index (χ1n) is 14.0. The van der Waals surface area contributed by atoms with Gasteiger partial charge in [0.2, 0.25) is 0 Å². The normalized spacial score (nSPS) is 16.9. The molecular weight excluding hydrogens is 540 g/mol. The van der Waals surface area contributed by atoms with Gasteiger partial charge in [0.15, 0.2) is 0 Å². The maximum Gasteiger partial charge on any atom is 0.382 e. The minimum atomic E-state index is -6.44. The molecule has 40 heavy (non-hydrogen) atoms. The fourth-order valence-electron chi connectivity index (χ4n) is 5.21. The molecule has 2 aromatic rings. The molecule has 0 spiro atoms. The number of hydrogen-bond donors (Lipinski definition) is 2. The third-order valence-electron chi connectivity index (χ3n) is 8.14. The van der Waals surface area contributed by atoms with Gasteiger partial charge < -0.3 is 11.5 Å². The van der Waals surface area contributed by atoms with E-state index in [1.54, 1.807) is 0 Å². The van der Waals surface area contributed by atoms with Crippen molar-refractivity contribution in [3.63, 3.8) is 0 Å². The standard InChI is InChI=1S/C30H36F8N2/c1-3-5-7-19-13-21(15-23(25(19)39)17-9-10-17)27(31,32)29(35,36)30(37,38)28(33,34)22-14-20(8-6-4-2)26(40)24(16-22)18-11-12-18/h13-18H,3-12,39-40H2,1-2H3. The molecule has 0 aromatic heterocycles. The van der Waals surface area contributed by atoms with Gasteiger partial charge in [-0.25, -0.2) is 0 Å². The molecule has 0 saturated heterocycles. The summed E-state index contributed by atoms with van der Waals surface area (Å²) in [5, 5.41) is 0. The molecule has 2 aliphatic carbocycles. The minimum Gasteiger partial charge on any atom is -0.398 e. The molecule has 10 heteroatoms. The van der Waals surface area contributed by atoms with E-state index < -0.39 is 34.8 Å². The van der Waals surface area contributed by atoms with Crippen LogP contribution in [0.1, 0.15) is 110 Å². The van der Waals surface area contributed by atoms with Gasteiger partial charge in [0.25, 0.3) is 0 Å². The maximum atomic E-state index is 15.5. The van der Waals surface area contributed by atoms with Gasteiger partial charge in [0.05, 0.1) is 0 Å². The van der Waals surface area contributed by atoms with E-state index in [0.717, 1.165) is 0 Å². The van der Waals surface area contributed by atoms with Crippen molar-refractivity contribution < 1.29 is 35.1 Å². The number of unbranched alkanes of at least 4 members (excludes halogenated alkanes) is 2. The second-order valence-electron chi connectivity index (χ2n) is 11.3. The van der Waals surface area contributed by atoms with E-state index in [9.17, 15) is 0 Å². The predicted octanol–water partition coefficient (Wildman–Crippen LogP) is 9.45. The zero-order valence-electron chi connectivity index (χ0n) is 22.7. The Bertz CT molecular complexity index is 1140. The highest BCUT2D eigenvalue weighted by Crippen LogP contribution is 2.60. The topological polar surface area (TPSA) is 52.0 Å². The number of nitrogen functional groups attached to an aromatic ring is 2. The van der Waals surface area contributed by atoms with E-state index in [4.69, 9.17) is 11.5 Å². The largest absolute Gasteiger partial charge is 0.398 e. The van der Waals surface area contributed by atoms with Crippen LogP contribution in [0.25, 0.3) is 0 Å². The lowest BCUT2D eigenvalue weighted by atomic mass is 9.86. The fourth-order valence-corrected chi connectivity index (χ4v) is 5.21. The van der Waals surface area contributed by atoms with Crippen molar-refractivity contribution in [2.24, 2.45) is 0 Å². The quantitative estimate of drug-likeness (QED) is 0.184. The van der Waals surface area contributed by atoms with Crippen molar-refractivity contribution in [1.29, 1.82) is 0 Å². The summed E-state index contributed by atoms with van der Waals surface area (Å²) in [6.07, 6.45) is 4.93. The molecule has 2 fully saturated rings. The second kappa shape index (κ2) is 10.7. The number of aryl methyl sites for hydroxylation is 2. The van der Waals surface area contributed by atoms with Gasteiger partial charge in [-0.3, -0.25) is 0 Å². The molecule has 0 heterocycles. The molecule has 4 N–H and O–H groups in total. The Hall–Kier alpha value is -2.52. The first kappa shape index (κ1) is 30.4. The van der Waals surface area contributed by atoms with Crippen molar-refractivity contribution in [3.8, 4) is 0 Å². The Morgan fingerprint density at radius 2 is 0.925 bits per heavy atom. The number of halogens is 8. The Morgan fingerprint density at radius 1 is 0.600 bits per heavy atom. The van der Waals surface area contributed by atoms with Crippen LogP contribution in [-0.2, 0) is 24.7 Å². The van der Waals surface area contributed by atoms with Crippen LogP contribution in [0.15, 0.2) is 24.3 Å². The van der Waals surface area contributed by atoms with E-state index in [0.29, 0.717) is 75.6 Å². The van der Waals surface area contributed by atoms with Crippen molar-refractivity contribution in [3.05, 3.63) is 57.6 Å².